The molecule has 3 aromatic rings. The van der Waals surface area contributed by atoms with Crippen LogP contribution in [0.25, 0.3) is 0 Å². The van der Waals surface area contributed by atoms with Crippen molar-refractivity contribution in [2.75, 3.05) is 17.2 Å². The highest BCUT2D eigenvalue weighted by molar-refractivity contribution is 6.30. The van der Waals surface area contributed by atoms with E-state index < -0.39 is 0 Å². The third-order valence-corrected chi connectivity index (χ3v) is 4.13. The number of anilines is 3. The largest absolute Gasteiger partial charge is 0.492 e. The quantitative estimate of drug-likeness (QED) is 0.597. The average Bonchev–Trinajstić information content (AvgIpc) is 2.66. The molecule has 0 fully saturated rings. The van der Waals surface area contributed by atoms with Crippen LogP contribution in [0.15, 0.2) is 60.8 Å². The maximum absolute atomic E-state index is 12.4. The first-order valence-corrected chi connectivity index (χ1v) is 8.97. The standard InChI is InChI=1S/C21H20ClN3O2/c1-3-27-20-7-5-4-6-18(20)24-16-9-11-19(23-13-16)21(26)25-17-10-8-15(22)12-14(17)2/h4-13,24H,3H2,1-2H3,(H,25,26). The summed E-state index contributed by atoms with van der Waals surface area (Å²) in [7, 11) is 0. The molecule has 0 saturated carbocycles. The van der Waals surface area contributed by atoms with Crippen LogP contribution in [0.4, 0.5) is 17.1 Å². The molecule has 0 radical (unpaired) electrons. The summed E-state index contributed by atoms with van der Waals surface area (Å²) in [5.41, 5.74) is 3.53. The van der Waals surface area contributed by atoms with Crippen molar-refractivity contribution in [3.8, 4) is 5.75 Å². The van der Waals surface area contributed by atoms with E-state index in [0.29, 0.717) is 23.0 Å². The minimum Gasteiger partial charge on any atom is -0.492 e. The zero-order chi connectivity index (χ0) is 19.2. The third-order valence-electron chi connectivity index (χ3n) is 3.90. The highest BCUT2D eigenvalue weighted by atomic mass is 35.5. The maximum Gasteiger partial charge on any atom is 0.274 e. The molecule has 138 valence electrons. The van der Waals surface area contributed by atoms with Crippen LogP contribution in [-0.4, -0.2) is 17.5 Å². The Labute approximate surface area is 163 Å². The smallest absolute Gasteiger partial charge is 0.274 e. The van der Waals surface area contributed by atoms with Crippen molar-refractivity contribution in [1.29, 1.82) is 0 Å². The molecular formula is C21H20ClN3O2. The predicted octanol–water partition coefficient (Wildman–Crippen LogP) is 5.44. The second-order valence-corrected chi connectivity index (χ2v) is 6.34. The number of rotatable bonds is 6. The predicted molar refractivity (Wildman–Crippen MR) is 109 cm³/mol. The number of ether oxygens (including phenoxy) is 1. The molecule has 0 atom stereocenters. The number of hydrogen-bond acceptors (Lipinski definition) is 4. The van der Waals surface area contributed by atoms with E-state index in [1.165, 1.54) is 0 Å². The summed E-state index contributed by atoms with van der Waals surface area (Å²) in [6.07, 6.45) is 1.62. The van der Waals surface area contributed by atoms with Crippen LogP contribution in [0.5, 0.6) is 5.75 Å². The fraction of sp³-hybridized carbons (Fsp3) is 0.143. The Kier molecular flexibility index (Phi) is 5.94. The molecule has 2 aromatic carbocycles. The number of hydrogen-bond donors (Lipinski definition) is 2. The fourth-order valence-electron chi connectivity index (χ4n) is 2.56. The Morgan fingerprint density at radius 2 is 1.93 bits per heavy atom. The van der Waals surface area contributed by atoms with Crippen molar-refractivity contribution < 1.29 is 9.53 Å². The number of amides is 1. The van der Waals surface area contributed by atoms with E-state index >= 15 is 0 Å². The number of nitrogens with zero attached hydrogens (tertiary/aromatic N) is 1. The first kappa shape index (κ1) is 18.7. The first-order valence-electron chi connectivity index (χ1n) is 8.59. The van der Waals surface area contributed by atoms with Crippen LogP contribution in [0, 0.1) is 6.92 Å². The van der Waals surface area contributed by atoms with Gasteiger partial charge in [0.25, 0.3) is 5.91 Å². The normalized spacial score (nSPS) is 10.3. The first-order chi connectivity index (χ1) is 13.1. The van der Waals surface area contributed by atoms with Crippen molar-refractivity contribution in [3.63, 3.8) is 0 Å². The van der Waals surface area contributed by atoms with E-state index in [4.69, 9.17) is 16.3 Å². The van der Waals surface area contributed by atoms with Crippen LogP contribution >= 0.6 is 11.6 Å². The van der Waals surface area contributed by atoms with Crippen molar-refractivity contribution in [2.45, 2.75) is 13.8 Å². The summed E-state index contributed by atoms with van der Waals surface area (Å²) in [4.78, 5) is 16.7. The number of halogens is 1. The van der Waals surface area contributed by atoms with Gasteiger partial charge in [0.1, 0.15) is 11.4 Å². The lowest BCUT2D eigenvalue weighted by atomic mass is 10.2. The van der Waals surface area contributed by atoms with Gasteiger partial charge in [-0.2, -0.15) is 0 Å². The highest BCUT2D eigenvalue weighted by Gasteiger charge is 2.10. The van der Waals surface area contributed by atoms with Crippen molar-refractivity contribution in [2.24, 2.45) is 0 Å². The molecule has 1 amide bonds. The Morgan fingerprint density at radius 3 is 2.63 bits per heavy atom. The molecule has 6 heteroatoms. The summed E-state index contributed by atoms with van der Waals surface area (Å²) in [5, 5.41) is 6.73. The van der Waals surface area contributed by atoms with Crippen LogP contribution in [-0.2, 0) is 0 Å². The van der Waals surface area contributed by atoms with Gasteiger partial charge in [-0.3, -0.25) is 4.79 Å². The van der Waals surface area contributed by atoms with Crippen LogP contribution < -0.4 is 15.4 Å². The van der Waals surface area contributed by atoms with Gasteiger partial charge in [-0.25, -0.2) is 4.98 Å². The minimum absolute atomic E-state index is 0.276. The molecule has 3 rings (SSSR count). The molecule has 1 heterocycles. The molecule has 0 bridgehead atoms. The van der Waals surface area contributed by atoms with Gasteiger partial charge >= 0.3 is 0 Å². The van der Waals surface area contributed by atoms with Gasteiger partial charge in [0.05, 0.1) is 24.2 Å². The molecule has 0 aliphatic carbocycles. The third kappa shape index (κ3) is 4.77. The van der Waals surface area contributed by atoms with Crippen molar-refractivity contribution in [3.05, 3.63) is 77.1 Å². The van der Waals surface area contributed by atoms with Gasteiger partial charge in [0.2, 0.25) is 0 Å². The van der Waals surface area contributed by atoms with Gasteiger partial charge in [-0.05, 0) is 61.9 Å². The number of para-hydroxylation sites is 2. The van der Waals surface area contributed by atoms with E-state index in [1.54, 1.807) is 36.5 Å². The maximum atomic E-state index is 12.4. The van der Waals surface area contributed by atoms with Crippen LogP contribution in [0.3, 0.4) is 0 Å². The topological polar surface area (TPSA) is 63.2 Å². The van der Waals surface area contributed by atoms with Gasteiger partial charge < -0.3 is 15.4 Å². The number of pyridine rings is 1. The zero-order valence-electron chi connectivity index (χ0n) is 15.1. The van der Waals surface area contributed by atoms with E-state index in [-0.39, 0.29) is 5.91 Å². The monoisotopic (exact) mass is 381 g/mol. The Hall–Kier alpha value is -3.05. The van der Waals surface area contributed by atoms with Gasteiger partial charge in [-0.15, -0.1) is 0 Å². The molecular weight excluding hydrogens is 362 g/mol. The Balaban J connectivity index is 1.71. The Bertz CT molecular complexity index is 942. The van der Waals surface area contributed by atoms with Crippen LogP contribution in [0.2, 0.25) is 5.02 Å². The molecule has 0 aliphatic rings. The van der Waals surface area contributed by atoms with Gasteiger partial charge in [0.15, 0.2) is 0 Å². The molecule has 0 aliphatic heterocycles. The summed E-state index contributed by atoms with van der Waals surface area (Å²) in [5.74, 6) is 0.488. The van der Waals surface area contributed by atoms with Crippen LogP contribution in [0.1, 0.15) is 23.0 Å². The second-order valence-electron chi connectivity index (χ2n) is 5.90. The fourth-order valence-corrected chi connectivity index (χ4v) is 2.79. The highest BCUT2D eigenvalue weighted by Crippen LogP contribution is 2.27. The number of benzene rings is 2. The number of aryl methyl sites for hydroxylation is 1. The summed E-state index contributed by atoms with van der Waals surface area (Å²) >= 11 is 5.94. The molecule has 27 heavy (non-hydrogen) atoms. The van der Waals surface area contributed by atoms with E-state index in [1.807, 2.05) is 38.1 Å². The zero-order valence-corrected chi connectivity index (χ0v) is 15.9. The second kappa shape index (κ2) is 8.56. The molecule has 2 N–H and O–H groups in total. The molecule has 5 nitrogen and oxygen atoms in total. The molecule has 0 saturated heterocycles. The number of aromatic nitrogens is 1. The van der Waals surface area contributed by atoms with Gasteiger partial charge in [0, 0.05) is 10.7 Å². The number of carbonyl (C=O) groups is 1. The minimum atomic E-state index is -0.276. The average molecular weight is 382 g/mol. The SMILES string of the molecule is CCOc1ccccc1Nc1ccc(C(=O)Nc2ccc(Cl)cc2C)nc1. The summed E-state index contributed by atoms with van der Waals surface area (Å²) in [6, 6.07) is 16.5. The molecule has 0 spiro atoms. The Morgan fingerprint density at radius 1 is 1.11 bits per heavy atom. The lowest BCUT2D eigenvalue weighted by Gasteiger charge is -2.12. The summed E-state index contributed by atoms with van der Waals surface area (Å²) < 4.78 is 5.60. The van der Waals surface area contributed by atoms with E-state index in [9.17, 15) is 4.79 Å². The molecule has 0 unspecified atom stereocenters. The number of nitrogens with one attached hydrogen (secondary N) is 2. The number of carbonyl (C=O) groups excluding carboxylic acids is 1. The summed E-state index contributed by atoms with van der Waals surface area (Å²) in [6.45, 7) is 4.41. The van der Waals surface area contributed by atoms with E-state index in [2.05, 4.69) is 15.6 Å². The van der Waals surface area contributed by atoms with E-state index in [0.717, 1.165) is 22.7 Å². The molecule has 1 aromatic heterocycles. The van der Waals surface area contributed by atoms with Gasteiger partial charge in [-0.1, -0.05) is 23.7 Å². The van der Waals surface area contributed by atoms with Crippen molar-refractivity contribution >= 4 is 34.6 Å². The lowest BCUT2D eigenvalue weighted by Crippen LogP contribution is -2.14. The lowest BCUT2D eigenvalue weighted by molar-refractivity contribution is 0.102. The van der Waals surface area contributed by atoms with Crippen molar-refractivity contribution in [1.82, 2.24) is 4.98 Å².